The van der Waals surface area contributed by atoms with Crippen LogP contribution in [0.3, 0.4) is 0 Å². The highest BCUT2D eigenvalue weighted by Crippen LogP contribution is 2.29. The van der Waals surface area contributed by atoms with Gasteiger partial charge in [-0.2, -0.15) is 0 Å². The number of piperidine rings is 1. The van der Waals surface area contributed by atoms with Gasteiger partial charge in [-0.05, 0) is 83.2 Å². The molecule has 0 spiro atoms. The van der Waals surface area contributed by atoms with Gasteiger partial charge in [-0.15, -0.1) is 0 Å². The normalized spacial score (nSPS) is 14.5. The highest BCUT2D eigenvalue weighted by atomic mass is 16.6. The third-order valence-corrected chi connectivity index (χ3v) is 8.38. The van der Waals surface area contributed by atoms with Crippen LogP contribution < -0.4 is 14.8 Å². The summed E-state index contributed by atoms with van der Waals surface area (Å²) in [6.45, 7) is 9.36. The summed E-state index contributed by atoms with van der Waals surface area (Å²) in [5, 5.41) is 3.02. The fourth-order valence-electron chi connectivity index (χ4n) is 5.80. The molecule has 1 fully saturated rings. The summed E-state index contributed by atoms with van der Waals surface area (Å²) >= 11 is 0. The maximum Gasteiger partial charge on any atom is 0.411 e. The number of carbonyl (C=O) groups excluding carboxylic acids is 4. The number of unbranched alkanes of at least 4 members (excludes halogenated alkanes) is 4. The zero-order valence-electron chi connectivity index (χ0n) is 30.2. The fourth-order valence-corrected chi connectivity index (χ4v) is 5.80. The van der Waals surface area contributed by atoms with E-state index in [9.17, 15) is 19.2 Å². The second-order valence-corrected chi connectivity index (χ2v) is 13.4. The lowest BCUT2D eigenvalue weighted by molar-refractivity contribution is -0.140. The lowest BCUT2D eigenvalue weighted by Gasteiger charge is -2.35. The van der Waals surface area contributed by atoms with Gasteiger partial charge in [0.15, 0.2) is 0 Å². The summed E-state index contributed by atoms with van der Waals surface area (Å²) in [5.74, 6) is 0.821. The first-order valence-electron chi connectivity index (χ1n) is 17.4. The van der Waals surface area contributed by atoms with Gasteiger partial charge < -0.3 is 29.2 Å². The second-order valence-electron chi connectivity index (χ2n) is 13.4. The molecule has 0 aromatic heterocycles. The van der Waals surface area contributed by atoms with E-state index in [1.54, 1.807) is 44.9 Å². The molecular formula is C38H55N3O8. The number of nitrogens with one attached hydrogen (secondary N) is 1. The van der Waals surface area contributed by atoms with Crippen LogP contribution in [0.5, 0.6) is 11.5 Å². The standard InChI is InChI=1S/C38H55N3O8/c1-7-48-33-24-32(46-5)20-19-31(33)26-41(37(45)49-38(2,3)4)27-34(42)40-22-14-17-30(25-40)28-15-13-16-29(23-28)36(44)39-21-12-10-8-9-11-18-35(43)47-6/h13,15-16,19-20,23-24,30H,7-12,14,17-18,21-22,25-27H2,1-6H3,(H,39,44). The number of benzene rings is 2. The topological polar surface area (TPSA) is 124 Å². The third-order valence-electron chi connectivity index (χ3n) is 8.38. The Kier molecular flexibility index (Phi) is 15.7. The molecule has 49 heavy (non-hydrogen) atoms. The minimum atomic E-state index is -0.735. The number of rotatable bonds is 17. The highest BCUT2D eigenvalue weighted by molar-refractivity contribution is 5.94. The molecule has 0 radical (unpaired) electrons. The summed E-state index contributed by atoms with van der Waals surface area (Å²) in [6.07, 6.45) is 6.20. The predicted molar refractivity (Wildman–Crippen MR) is 188 cm³/mol. The van der Waals surface area contributed by atoms with Gasteiger partial charge in [-0.3, -0.25) is 19.3 Å². The maximum absolute atomic E-state index is 13.7. The molecule has 3 amide bonds. The molecular weight excluding hydrogens is 626 g/mol. The Hall–Kier alpha value is -4.28. The molecule has 2 aromatic rings. The Labute approximate surface area is 291 Å². The molecule has 1 aliphatic rings. The molecule has 1 unspecified atom stereocenters. The summed E-state index contributed by atoms with van der Waals surface area (Å²) < 4.78 is 21.5. The Morgan fingerprint density at radius 1 is 0.980 bits per heavy atom. The second kappa shape index (κ2) is 19.7. The van der Waals surface area contributed by atoms with Crippen LogP contribution in [-0.4, -0.2) is 86.3 Å². The van der Waals surface area contributed by atoms with Crippen molar-refractivity contribution in [1.82, 2.24) is 15.1 Å². The van der Waals surface area contributed by atoms with Crippen LogP contribution in [0.25, 0.3) is 0 Å². The number of likely N-dealkylation sites (tertiary alicyclic amines) is 1. The molecule has 0 bridgehead atoms. The molecule has 270 valence electrons. The molecule has 1 heterocycles. The van der Waals surface area contributed by atoms with E-state index in [4.69, 9.17) is 14.2 Å². The van der Waals surface area contributed by atoms with Crippen molar-refractivity contribution in [3.63, 3.8) is 0 Å². The average molecular weight is 682 g/mol. The van der Waals surface area contributed by atoms with E-state index in [0.29, 0.717) is 49.7 Å². The number of esters is 1. The van der Waals surface area contributed by atoms with Crippen LogP contribution in [0.2, 0.25) is 0 Å². The number of carbonyl (C=O) groups is 4. The highest BCUT2D eigenvalue weighted by Gasteiger charge is 2.30. The van der Waals surface area contributed by atoms with E-state index in [1.807, 2.05) is 37.3 Å². The van der Waals surface area contributed by atoms with Crippen molar-refractivity contribution in [2.24, 2.45) is 0 Å². The number of amides is 3. The van der Waals surface area contributed by atoms with Crippen molar-refractivity contribution in [3.05, 3.63) is 59.2 Å². The molecule has 1 aliphatic heterocycles. The third kappa shape index (κ3) is 13.3. The number of hydrogen-bond acceptors (Lipinski definition) is 8. The number of methoxy groups -OCH3 is 2. The van der Waals surface area contributed by atoms with Gasteiger partial charge in [0.25, 0.3) is 5.91 Å². The lowest BCUT2D eigenvalue weighted by atomic mass is 9.89. The fraction of sp³-hybridized carbons (Fsp3) is 0.579. The van der Waals surface area contributed by atoms with E-state index < -0.39 is 11.7 Å². The number of hydrogen-bond donors (Lipinski definition) is 1. The largest absolute Gasteiger partial charge is 0.497 e. The summed E-state index contributed by atoms with van der Waals surface area (Å²) in [4.78, 5) is 54.5. The van der Waals surface area contributed by atoms with Gasteiger partial charge in [-0.25, -0.2) is 4.79 Å². The summed E-state index contributed by atoms with van der Waals surface area (Å²) in [7, 11) is 2.98. The zero-order chi connectivity index (χ0) is 35.8. The molecule has 1 atom stereocenters. The minimum Gasteiger partial charge on any atom is -0.497 e. The molecule has 2 aromatic carbocycles. The van der Waals surface area contributed by atoms with Crippen molar-refractivity contribution in [3.8, 4) is 11.5 Å². The summed E-state index contributed by atoms with van der Waals surface area (Å²) in [5.41, 5.74) is 1.61. The quantitative estimate of drug-likeness (QED) is 0.149. The molecule has 1 saturated heterocycles. The Balaban J connectivity index is 1.61. The van der Waals surface area contributed by atoms with Crippen molar-refractivity contribution < 1.29 is 38.1 Å². The van der Waals surface area contributed by atoms with Crippen molar-refractivity contribution in [2.75, 3.05) is 47.0 Å². The summed E-state index contributed by atoms with van der Waals surface area (Å²) in [6, 6.07) is 13.0. The predicted octanol–water partition coefficient (Wildman–Crippen LogP) is 6.48. The van der Waals surface area contributed by atoms with Gasteiger partial charge in [-0.1, -0.05) is 31.4 Å². The van der Waals surface area contributed by atoms with Gasteiger partial charge in [0.05, 0.1) is 27.4 Å². The van der Waals surface area contributed by atoms with Crippen LogP contribution >= 0.6 is 0 Å². The van der Waals surface area contributed by atoms with E-state index >= 15 is 0 Å². The van der Waals surface area contributed by atoms with Crippen LogP contribution in [0.4, 0.5) is 4.79 Å². The van der Waals surface area contributed by atoms with Crippen LogP contribution in [-0.2, 0) is 25.6 Å². The van der Waals surface area contributed by atoms with Crippen molar-refractivity contribution in [1.29, 1.82) is 0 Å². The first-order chi connectivity index (χ1) is 23.4. The van der Waals surface area contributed by atoms with E-state index in [-0.39, 0.29) is 36.8 Å². The monoisotopic (exact) mass is 681 g/mol. The van der Waals surface area contributed by atoms with Crippen LogP contribution in [0.15, 0.2) is 42.5 Å². The molecule has 1 N–H and O–H groups in total. The van der Waals surface area contributed by atoms with Gasteiger partial charge in [0, 0.05) is 49.2 Å². The lowest BCUT2D eigenvalue weighted by Crippen LogP contribution is -2.47. The van der Waals surface area contributed by atoms with E-state index in [1.165, 1.54) is 12.0 Å². The first kappa shape index (κ1) is 39.2. The molecule has 11 heteroatoms. The molecule has 3 rings (SSSR count). The van der Waals surface area contributed by atoms with Crippen molar-refractivity contribution >= 4 is 23.9 Å². The zero-order valence-corrected chi connectivity index (χ0v) is 30.2. The van der Waals surface area contributed by atoms with Gasteiger partial charge in [0.1, 0.15) is 23.6 Å². The molecule has 11 nitrogen and oxygen atoms in total. The van der Waals surface area contributed by atoms with Gasteiger partial charge in [0.2, 0.25) is 5.91 Å². The van der Waals surface area contributed by atoms with Crippen LogP contribution in [0.1, 0.15) is 106 Å². The Morgan fingerprint density at radius 2 is 1.73 bits per heavy atom. The smallest absolute Gasteiger partial charge is 0.411 e. The number of nitrogens with zero attached hydrogens (tertiary/aromatic N) is 2. The van der Waals surface area contributed by atoms with E-state index in [2.05, 4.69) is 10.1 Å². The van der Waals surface area contributed by atoms with Crippen LogP contribution in [0, 0.1) is 0 Å². The Bertz CT molecular complexity index is 1390. The average Bonchev–Trinajstić information content (AvgIpc) is 3.08. The number of ether oxygens (including phenoxy) is 4. The van der Waals surface area contributed by atoms with Crippen molar-refractivity contribution in [2.45, 2.75) is 97.1 Å². The molecule has 0 aliphatic carbocycles. The minimum absolute atomic E-state index is 0.0663. The SMILES string of the molecule is CCOc1cc(OC)ccc1CN(CC(=O)N1CCCC(c2cccc(C(=O)NCCCCCCCC(=O)OC)c2)C1)C(=O)OC(C)(C)C. The van der Waals surface area contributed by atoms with Gasteiger partial charge >= 0.3 is 12.1 Å². The maximum atomic E-state index is 13.7. The molecule has 0 saturated carbocycles. The first-order valence-corrected chi connectivity index (χ1v) is 17.4. The Morgan fingerprint density at radius 3 is 2.45 bits per heavy atom. The van der Waals surface area contributed by atoms with E-state index in [0.717, 1.165) is 56.1 Å².